The molecule has 6 aromatic rings. The molecule has 0 aliphatic heterocycles. The quantitative estimate of drug-likeness (QED) is 0.0626. The molecule has 242 valence electrons. The third-order valence-electron chi connectivity index (χ3n) is 7.30. The summed E-state index contributed by atoms with van der Waals surface area (Å²) in [4.78, 5) is 61.2. The van der Waals surface area contributed by atoms with E-state index in [1.54, 1.807) is 12.1 Å². The largest absolute Gasteiger partial charge is 0.333 e. The Morgan fingerprint density at radius 3 is 1.46 bits per heavy atom. The third-order valence-corrected chi connectivity index (χ3v) is 9.05. The lowest BCUT2D eigenvalue weighted by atomic mass is 9.96. The molecule has 2 heterocycles. The SMILES string of the molecule is Cc1cc(NC(=O)CSc2nc3ccc([N+](=O)[O-])cc3[nH]2)ccc1-c1ccc(NC(=O)CSc2nc3ccc([N+](=O)[O-])cc3[nH]2)cc1C. The fraction of sp³-hybridized carbons (Fsp3) is 0.125. The van der Waals surface area contributed by atoms with Crippen molar-refractivity contribution in [3.05, 3.63) is 104 Å². The molecule has 16 heteroatoms. The summed E-state index contributed by atoms with van der Waals surface area (Å²) in [5.41, 5.74) is 7.29. The summed E-state index contributed by atoms with van der Waals surface area (Å²) >= 11 is 2.40. The first-order valence-electron chi connectivity index (χ1n) is 14.4. The first-order chi connectivity index (χ1) is 23.0. The summed E-state index contributed by atoms with van der Waals surface area (Å²) in [6.07, 6.45) is 0. The van der Waals surface area contributed by atoms with Crippen LogP contribution in [0.3, 0.4) is 0 Å². The molecule has 0 atom stereocenters. The minimum Gasteiger partial charge on any atom is -0.333 e. The van der Waals surface area contributed by atoms with Crippen LogP contribution in [0.4, 0.5) is 22.7 Å². The Morgan fingerprint density at radius 2 is 1.08 bits per heavy atom. The van der Waals surface area contributed by atoms with Crippen molar-refractivity contribution in [3.8, 4) is 11.1 Å². The molecule has 0 aliphatic rings. The van der Waals surface area contributed by atoms with Crippen LogP contribution >= 0.6 is 23.5 Å². The standard InChI is InChI=1S/C32H26N8O6S2/c1-17-11-19(33-29(41)15-47-31-35-25-9-5-21(39(43)44)13-27(25)37-31)3-7-23(17)24-8-4-20(12-18(24)2)34-30(42)16-48-32-36-26-10-6-22(40(45)46)14-28(26)38-32/h3-14H,15-16H2,1-2H3,(H,33,41)(H,34,42)(H,35,37)(H,36,38). The number of carbonyl (C=O) groups excluding carboxylic acids is 2. The summed E-state index contributed by atoms with van der Waals surface area (Å²) < 4.78 is 0. The number of nitrogens with zero attached hydrogens (tertiary/aromatic N) is 4. The van der Waals surface area contributed by atoms with Crippen LogP contribution in [-0.2, 0) is 9.59 Å². The van der Waals surface area contributed by atoms with Crippen LogP contribution in [0, 0.1) is 34.1 Å². The number of benzene rings is 4. The topological polar surface area (TPSA) is 202 Å². The van der Waals surface area contributed by atoms with Crippen LogP contribution in [0.2, 0.25) is 0 Å². The zero-order chi connectivity index (χ0) is 33.9. The Morgan fingerprint density at radius 1 is 0.667 bits per heavy atom. The highest BCUT2D eigenvalue weighted by Gasteiger charge is 2.14. The number of aryl methyl sites for hydroxylation is 2. The molecule has 0 bridgehead atoms. The molecule has 14 nitrogen and oxygen atoms in total. The van der Waals surface area contributed by atoms with Gasteiger partial charge in [0.15, 0.2) is 10.3 Å². The number of fused-ring (bicyclic) bond motifs is 2. The van der Waals surface area contributed by atoms with Crippen molar-refractivity contribution < 1.29 is 19.4 Å². The predicted octanol–water partition coefficient (Wildman–Crippen LogP) is 7.00. The summed E-state index contributed by atoms with van der Waals surface area (Å²) in [5.74, 6) is -0.262. The molecule has 2 amide bonds. The van der Waals surface area contributed by atoms with E-state index in [1.165, 1.54) is 47.8 Å². The Kier molecular flexibility index (Phi) is 9.09. The average Bonchev–Trinajstić information content (AvgIpc) is 3.66. The number of carbonyl (C=O) groups is 2. The van der Waals surface area contributed by atoms with Crippen molar-refractivity contribution in [2.75, 3.05) is 22.1 Å². The number of nitro groups is 2. The zero-order valence-corrected chi connectivity index (χ0v) is 27.0. The number of nitro benzene ring substituents is 2. The van der Waals surface area contributed by atoms with Gasteiger partial charge in [-0.25, -0.2) is 9.97 Å². The first-order valence-corrected chi connectivity index (χ1v) is 16.3. The number of aromatic amines is 2. The molecule has 0 fully saturated rings. The number of hydrogen-bond acceptors (Lipinski definition) is 10. The number of rotatable bonds is 11. The number of anilines is 2. The highest BCUT2D eigenvalue weighted by Crippen LogP contribution is 2.31. The van der Waals surface area contributed by atoms with E-state index in [-0.39, 0.29) is 34.7 Å². The fourth-order valence-corrected chi connectivity index (χ4v) is 6.43. The van der Waals surface area contributed by atoms with E-state index >= 15 is 0 Å². The van der Waals surface area contributed by atoms with Crippen LogP contribution < -0.4 is 10.6 Å². The molecular formula is C32H26N8O6S2. The van der Waals surface area contributed by atoms with Gasteiger partial charge >= 0.3 is 0 Å². The van der Waals surface area contributed by atoms with Gasteiger partial charge in [-0.05, 0) is 72.5 Å². The Bertz CT molecular complexity index is 2090. The molecule has 4 aromatic carbocycles. The van der Waals surface area contributed by atoms with Crippen LogP contribution in [-0.4, -0.2) is 53.1 Å². The van der Waals surface area contributed by atoms with Crippen LogP contribution in [0.5, 0.6) is 0 Å². The summed E-state index contributed by atoms with van der Waals surface area (Å²) in [6.45, 7) is 3.91. The lowest BCUT2D eigenvalue weighted by Crippen LogP contribution is -2.14. The number of aromatic nitrogens is 4. The smallest absolute Gasteiger partial charge is 0.271 e. The lowest BCUT2D eigenvalue weighted by Gasteiger charge is -2.14. The van der Waals surface area contributed by atoms with Crippen molar-refractivity contribution in [1.29, 1.82) is 0 Å². The van der Waals surface area contributed by atoms with Gasteiger partial charge in [0, 0.05) is 35.6 Å². The number of imidazole rings is 2. The van der Waals surface area contributed by atoms with Crippen LogP contribution in [0.25, 0.3) is 33.2 Å². The molecule has 0 saturated carbocycles. The second-order valence-corrected chi connectivity index (χ2v) is 12.7. The van der Waals surface area contributed by atoms with E-state index in [2.05, 4.69) is 30.6 Å². The molecule has 0 saturated heterocycles. The molecule has 0 unspecified atom stereocenters. The second kappa shape index (κ2) is 13.5. The van der Waals surface area contributed by atoms with E-state index in [0.29, 0.717) is 43.8 Å². The number of nitrogens with one attached hydrogen (secondary N) is 4. The molecular weight excluding hydrogens is 657 g/mol. The molecule has 2 aromatic heterocycles. The van der Waals surface area contributed by atoms with Crippen molar-refractivity contribution in [1.82, 2.24) is 19.9 Å². The van der Waals surface area contributed by atoms with Crippen LogP contribution in [0.15, 0.2) is 83.1 Å². The van der Waals surface area contributed by atoms with Gasteiger partial charge in [-0.2, -0.15) is 0 Å². The van der Waals surface area contributed by atoms with E-state index in [9.17, 15) is 29.8 Å². The van der Waals surface area contributed by atoms with Gasteiger partial charge in [0.05, 0.1) is 43.4 Å². The average molecular weight is 683 g/mol. The molecule has 0 aliphatic carbocycles. The van der Waals surface area contributed by atoms with Gasteiger partial charge in [0.2, 0.25) is 11.8 Å². The molecule has 0 spiro atoms. The van der Waals surface area contributed by atoms with Crippen molar-refractivity contribution in [2.24, 2.45) is 0 Å². The maximum absolute atomic E-state index is 12.7. The molecule has 0 radical (unpaired) electrons. The van der Waals surface area contributed by atoms with Crippen LogP contribution in [0.1, 0.15) is 11.1 Å². The van der Waals surface area contributed by atoms with E-state index in [0.717, 1.165) is 22.3 Å². The van der Waals surface area contributed by atoms with Gasteiger partial charge in [-0.3, -0.25) is 29.8 Å². The normalized spacial score (nSPS) is 11.1. The number of H-pyrrole nitrogens is 2. The fourth-order valence-electron chi connectivity index (χ4n) is 5.06. The molecule has 48 heavy (non-hydrogen) atoms. The second-order valence-electron chi connectivity index (χ2n) is 10.7. The summed E-state index contributed by atoms with van der Waals surface area (Å²) in [7, 11) is 0. The minimum atomic E-state index is -0.473. The zero-order valence-electron chi connectivity index (χ0n) is 25.4. The van der Waals surface area contributed by atoms with Gasteiger partial charge < -0.3 is 20.6 Å². The maximum Gasteiger partial charge on any atom is 0.271 e. The monoisotopic (exact) mass is 682 g/mol. The Hall–Kier alpha value is -5.74. The van der Waals surface area contributed by atoms with Gasteiger partial charge in [0.25, 0.3) is 11.4 Å². The number of non-ortho nitro benzene ring substituents is 2. The van der Waals surface area contributed by atoms with Gasteiger partial charge in [-0.15, -0.1) is 0 Å². The van der Waals surface area contributed by atoms with Gasteiger partial charge in [-0.1, -0.05) is 35.7 Å². The van der Waals surface area contributed by atoms with Crippen molar-refractivity contribution in [3.63, 3.8) is 0 Å². The summed E-state index contributed by atoms with van der Waals surface area (Å²) in [6, 6.07) is 20.0. The Labute approximate surface area is 280 Å². The summed E-state index contributed by atoms with van der Waals surface area (Å²) in [5, 5.41) is 28.8. The predicted molar refractivity (Wildman–Crippen MR) is 186 cm³/mol. The van der Waals surface area contributed by atoms with Gasteiger partial charge in [0.1, 0.15) is 0 Å². The van der Waals surface area contributed by atoms with Crippen molar-refractivity contribution in [2.45, 2.75) is 24.2 Å². The Balaban J connectivity index is 1.03. The minimum absolute atomic E-state index is 0.0391. The molecule has 6 rings (SSSR count). The molecule has 4 N–H and O–H groups in total. The highest BCUT2D eigenvalue weighted by molar-refractivity contribution is 8.00. The number of amides is 2. The number of thioether (sulfide) groups is 2. The van der Waals surface area contributed by atoms with Crippen molar-refractivity contribution >= 4 is 80.2 Å². The van der Waals surface area contributed by atoms with E-state index < -0.39 is 9.85 Å². The lowest BCUT2D eigenvalue weighted by molar-refractivity contribution is -0.384. The third kappa shape index (κ3) is 7.29. The van der Waals surface area contributed by atoms with E-state index in [1.807, 2.05) is 50.2 Å². The number of hydrogen-bond donors (Lipinski definition) is 4. The van der Waals surface area contributed by atoms with E-state index in [4.69, 9.17) is 0 Å². The first kappa shape index (κ1) is 32.2. The maximum atomic E-state index is 12.7. The highest BCUT2D eigenvalue weighted by atomic mass is 32.2.